The number of H-pyrrole nitrogens is 1. The molecule has 154 valence electrons. The number of nitrogens with zero attached hydrogens (tertiary/aromatic N) is 3. The number of hydrogen-bond acceptors (Lipinski definition) is 4. The molecule has 5 nitrogen and oxygen atoms in total. The second-order valence-electron chi connectivity index (χ2n) is 9.02. The fourth-order valence-electron chi connectivity index (χ4n) is 4.91. The molecule has 1 N–H and O–H groups in total. The largest absolute Gasteiger partial charge is 0.369 e. The van der Waals surface area contributed by atoms with Crippen LogP contribution in [0.2, 0.25) is 5.02 Å². The zero-order valence-electron chi connectivity index (χ0n) is 16.9. The zero-order valence-corrected chi connectivity index (χ0v) is 17.7. The Morgan fingerprint density at radius 3 is 2.55 bits per heavy atom. The van der Waals surface area contributed by atoms with Crippen molar-refractivity contribution in [3.63, 3.8) is 0 Å². The van der Waals surface area contributed by atoms with Crippen molar-refractivity contribution >= 4 is 17.3 Å². The first kappa shape index (κ1) is 19.1. The summed E-state index contributed by atoms with van der Waals surface area (Å²) in [6, 6.07) is 8.11. The third-order valence-electron chi connectivity index (χ3n) is 7.00. The second-order valence-corrected chi connectivity index (χ2v) is 9.46. The van der Waals surface area contributed by atoms with E-state index in [9.17, 15) is 4.79 Å². The van der Waals surface area contributed by atoms with Crippen molar-refractivity contribution < 1.29 is 0 Å². The van der Waals surface area contributed by atoms with Crippen LogP contribution in [0.5, 0.6) is 0 Å². The molecule has 3 aliphatic rings. The molecule has 0 unspecified atom stereocenters. The minimum absolute atomic E-state index is 0.118. The summed E-state index contributed by atoms with van der Waals surface area (Å²) >= 11 is 5.99. The van der Waals surface area contributed by atoms with Gasteiger partial charge in [0.2, 0.25) is 0 Å². The quantitative estimate of drug-likeness (QED) is 0.817. The summed E-state index contributed by atoms with van der Waals surface area (Å²) in [5, 5.41) is 0.785. The number of piperazine rings is 1. The van der Waals surface area contributed by atoms with Crippen LogP contribution in [0.15, 0.2) is 29.1 Å². The number of aryl methyl sites for hydroxylation is 2. The summed E-state index contributed by atoms with van der Waals surface area (Å²) < 4.78 is 0. The molecule has 1 aromatic heterocycles. The Bertz CT molecular complexity index is 927. The highest BCUT2D eigenvalue weighted by molar-refractivity contribution is 6.30. The van der Waals surface area contributed by atoms with E-state index in [1.54, 1.807) is 0 Å². The van der Waals surface area contributed by atoms with Crippen LogP contribution < -0.4 is 10.5 Å². The van der Waals surface area contributed by atoms with E-state index in [-0.39, 0.29) is 5.56 Å². The monoisotopic (exact) mass is 412 g/mol. The van der Waals surface area contributed by atoms with Crippen molar-refractivity contribution in [2.24, 2.45) is 5.41 Å². The smallest absolute Gasteiger partial charge is 0.254 e. The highest BCUT2D eigenvalue weighted by Crippen LogP contribution is 2.53. The highest BCUT2D eigenvalue weighted by atomic mass is 35.5. The second kappa shape index (κ2) is 7.77. The molecule has 2 heterocycles. The molecule has 0 bridgehead atoms. The average Bonchev–Trinajstić information content (AvgIpc) is 3.49. The van der Waals surface area contributed by atoms with E-state index in [1.807, 2.05) is 12.1 Å². The zero-order chi connectivity index (χ0) is 19.8. The van der Waals surface area contributed by atoms with Gasteiger partial charge in [-0.25, -0.2) is 4.98 Å². The van der Waals surface area contributed by atoms with Crippen molar-refractivity contribution in [1.29, 1.82) is 0 Å². The lowest BCUT2D eigenvalue weighted by Crippen LogP contribution is -2.46. The summed E-state index contributed by atoms with van der Waals surface area (Å²) in [5.41, 5.74) is 3.86. The number of rotatable bonds is 5. The number of benzene rings is 1. The first-order valence-electron chi connectivity index (χ1n) is 10.9. The Kier molecular flexibility index (Phi) is 5.12. The lowest BCUT2D eigenvalue weighted by Gasteiger charge is -2.36. The van der Waals surface area contributed by atoms with E-state index in [1.165, 1.54) is 24.9 Å². The molecule has 1 saturated carbocycles. The van der Waals surface area contributed by atoms with Gasteiger partial charge in [-0.05, 0) is 74.8 Å². The summed E-state index contributed by atoms with van der Waals surface area (Å²) in [6.45, 7) is 5.27. The first-order valence-corrected chi connectivity index (χ1v) is 11.3. The third kappa shape index (κ3) is 4.22. The van der Waals surface area contributed by atoms with Gasteiger partial charge in [0.25, 0.3) is 5.56 Å². The Hall–Kier alpha value is -1.85. The molecule has 0 radical (unpaired) electrons. The molecule has 1 saturated heterocycles. The summed E-state index contributed by atoms with van der Waals surface area (Å²) in [4.78, 5) is 25.4. The van der Waals surface area contributed by atoms with Crippen LogP contribution in [-0.2, 0) is 19.3 Å². The molecule has 1 spiro atoms. The molecule has 0 amide bonds. The van der Waals surface area contributed by atoms with Gasteiger partial charge in [0.15, 0.2) is 0 Å². The summed E-state index contributed by atoms with van der Waals surface area (Å²) in [6.07, 6.45) is 7.62. The molecule has 1 aromatic carbocycles. The van der Waals surface area contributed by atoms with Crippen LogP contribution in [0.3, 0.4) is 0 Å². The number of nitrogens with one attached hydrogen (secondary N) is 1. The van der Waals surface area contributed by atoms with Crippen molar-refractivity contribution in [2.75, 3.05) is 37.6 Å². The van der Waals surface area contributed by atoms with Crippen LogP contribution in [0.1, 0.15) is 42.8 Å². The Morgan fingerprint density at radius 1 is 1.07 bits per heavy atom. The van der Waals surface area contributed by atoms with Gasteiger partial charge in [0.1, 0.15) is 5.82 Å². The van der Waals surface area contributed by atoms with E-state index in [4.69, 9.17) is 16.6 Å². The van der Waals surface area contributed by atoms with Crippen molar-refractivity contribution in [3.05, 3.63) is 56.7 Å². The van der Waals surface area contributed by atoms with Gasteiger partial charge in [0, 0.05) is 48.9 Å². The predicted molar refractivity (Wildman–Crippen MR) is 117 cm³/mol. The number of anilines is 1. The normalized spacial score (nSPS) is 20.7. The molecule has 2 aliphatic carbocycles. The molecule has 5 rings (SSSR count). The van der Waals surface area contributed by atoms with E-state index in [0.29, 0.717) is 5.41 Å². The lowest BCUT2D eigenvalue weighted by molar-refractivity contribution is 0.254. The molecule has 2 aromatic rings. The fraction of sp³-hybridized carbons (Fsp3) is 0.565. The predicted octanol–water partition coefficient (Wildman–Crippen LogP) is 3.45. The molecule has 29 heavy (non-hydrogen) atoms. The molecule has 6 heteroatoms. The Balaban J connectivity index is 1.11. The summed E-state index contributed by atoms with van der Waals surface area (Å²) in [5.74, 6) is 0.875. The van der Waals surface area contributed by atoms with Crippen LogP contribution in [-0.4, -0.2) is 47.6 Å². The van der Waals surface area contributed by atoms with Gasteiger partial charge in [-0.1, -0.05) is 11.6 Å². The van der Waals surface area contributed by atoms with Crippen LogP contribution >= 0.6 is 11.6 Å². The molecule has 2 fully saturated rings. The van der Waals surface area contributed by atoms with E-state index < -0.39 is 0 Å². The maximum atomic E-state index is 12.5. The van der Waals surface area contributed by atoms with Gasteiger partial charge < -0.3 is 9.88 Å². The fourth-order valence-corrected chi connectivity index (χ4v) is 5.03. The number of aromatic nitrogens is 2. The Labute approximate surface area is 177 Å². The van der Waals surface area contributed by atoms with Crippen LogP contribution in [0, 0.1) is 5.41 Å². The van der Waals surface area contributed by atoms with E-state index in [0.717, 1.165) is 80.5 Å². The minimum atomic E-state index is 0.118. The van der Waals surface area contributed by atoms with E-state index in [2.05, 4.69) is 26.9 Å². The van der Waals surface area contributed by atoms with Crippen molar-refractivity contribution in [2.45, 2.75) is 44.9 Å². The van der Waals surface area contributed by atoms with Gasteiger partial charge >= 0.3 is 0 Å². The van der Waals surface area contributed by atoms with Crippen LogP contribution in [0.4, 0.5) is 5.69 Å². The molecule has 0 atom stereocenters. The SMILES string of the molecule is O=c1[nH]c(CCCN2CCN(c3ccc(Cl)cc3)CC2)nc2c1CC1(CC2)CC1. The van der Waals surface area contributed by atoms with Gasteiger partial charge in [-0.15, -0.1) is 0 Å². The van der Waals surface area contributed by atoms with Gasteiger partial charge in [-0.3, -0.25) is 9.69 Å². The molecular formula is C23H29ClN4O. The highest BCUT2D eigenvalue weighted by Gasteiger charge is 2.45. The maximum absolute atomic E-state index is 12.5. The number of hydrogen-bond donors (Lipinski definition) is 1. The van der Waals surface area contributed by atoms with Gasteiger partial charge in [-0.2, -0.15) is 0 Å². The molecular weight excluding hydrogens is 384 g/mol. The van der Waals surface area contributed by atoms with Gasteiger partial charge in [0.05, 0.1) is 5.69 Å². The number of aromatic amines is 1. The average molecular weight is 413 g/mol. The first-order chi connectivity index (χ1) is 14.1. The lowest BCUT2D eigenvalue weighted by atomic mass is 9.84. The topological polar surface area (TPSA) is 52.2 Å². The minimum Gasteiger partial charge on any atom is -0.369 e. The van der Waals surface area contributed by atoms with Crippen LogP contribution in [0.25, 0.3) is 0 Å². The maximum Gasteiger partial charge on any atom is 0.254 e. The number of halogens is 1. The van der Waals surface area contributed by atoms with Crippen molar-refractivity contribution in [3.8, 4) is 0 Å². The summed E-state index contributed by atoms with van der Waals surface area (Å²) in [7, 11) is 0. The van der Waals surface area contributed by atoms with E-state index >= 15 is 0 Å². The van der Waals surface area contributed by atoms with Crippen molar-refractivity contribution in [1.82, 2.24) is 14.9 Å². The Morgan fingerprint density at radius 2 is 1.83 bits per heavy atom. The standard InChI is InChI=1S/C23H29ClN4O/c24-17-3-5-18(6-4-17)28-14-12-27(13-15-28)11-1-2-21-25-20-7-8-23(9-10-23)16-19(20)22(29)26-21/h3-6H,1-2,7-16H2,(H,25,26,29). The number of fused-ring (bicyclic) bond motifs is 1. The molecule has 1 aliphatic heterocycles. The third-order valence-corrected chi connectivity index (χ3v) is 7.26.